The van der Waals surface area contributed by atoms with E-state index in [0.29, 0.717) is 32.5 Å². The molecule has 8 nitrogen and oxygen atoms in total. The summed E-state index contributed by atoms with van der Waals surface area (Å²) < 4.78 is 1.86. The van der Waals surface area contributed by atoms with Gasteiger partial charge in [0.1, 0.15) is 18.8 Å². The molecular weight excluding hydrogens is 296 g/mol. The van der Waals surface area contributed by atoms with Crippen LogP contribution in [0, 0.1) is 0 Å². The van der Waals surface area contributed by atoms with Gasteiger partial charge in [0.15, 0.2) is 0 Å². The van der Waals surface area contributed by atoms with E-state index in [1.807, 2.05) is 16.9 Å². The molecule has 2 aromatic rings. The lowest BCUT2D eigenvalue weighted by atomic mass is 10.1. The van der Waals surface area contributed by atoms with Gasteiger partial charge in [-0.1, -0.05) is 0 Å². The van der Waals surface area contributed by atoms with Gasteiger partial charge in [-0.05, 0) is 12.5 Å². The number of carbonyl (C=O) groups excluding carboxylic acids is 1. The molecule has 2 aromatic heterocycles. The van der Waals surface area contributed by atoms with Crippen LogP contribution in [-0.4, -0.2) is 61.9 Å². The lowest BCUT2D eigenvalue weighted by Gasteiger charge is -2.18. The second-order valence-corrected chi connectivity index (χ2v) is 5.38. The number of nitrogens with one attached hydrogen (secondary N) is 1. The highest BCUT2D eigenvalue weighted by molar-refractivity contribution is 5.77. The monoisotopic (exact) mass is 316 g/mol. The minimum absolute atomic E-state index is 0.237. The van der Waals surface area contributed by atoms with Crippen molar-refractivity contribution in [3.63, 3.8) is 0 Å². The van der Waals surface area contributed by atoms with Gasteiger partial charge >= 0.3 is 0 Å². The molecule has 0 saturated heterocycles. The first-order valence-corrected chi connectivity index (χ1v) is 7.70. The van der Waals surface area contributed by atoms with Crippen LogP contribution in [0.25, 0.3) is 0 Å². The average molecular weight is 316 g/mol. The number of carbonyl (C=O) groups is 1. The van der Waals surface area contributed by atoms with E-state index in [9.17, 15) is 4.79 Å². The van der Waals surface area contributed by atoms with Crippen molar-refractivity contribution in [1.29, 1.82) is 0 Å². The Kier molecular flexibility index (Phi) is 4.82. The van der Waals surface area contributed by atoms with Gasteiger partial charge in [-0.15, -0.1) is 0 Å². The quantitative estimate of drug-likeness (QED) is 0.786. The van der Waals surface area contributed by atoms with Crippen LogP contribution in [0.15, 0.2) is 24.8 Å². The van der Waals surface area contributed by atoms with Crippen molar-refractivity contribution < 1.29 is 9.90 Å². The molecule has 0 fully saturated rings. The van der Waals surface area contributed by atoms with Crippen molar-refractivity contribution in [2.45, 2.75) is 19.4 Å². The molecule has 0 atom stereocenters. The summed E-state index contributed by atoms with van der Waals surface area (Å²) in [5.41, 5.74) is 2.02. The van der Waals surface area contributed by atoms with Crippen molar-refractivity contribution in [2.24, 2.45) is 0 Å². The van der Waals surface area contributed by atoms with Crippen molar-refractivity contribution in [1.82, 2.24) is 24.6 Å². The van der Waals surface area contributed by atoms with Crippen LogP contribution in [0.1, 0.15) is 11.3 Å². The highest BCUT2D eigenvalue weighted by Gasteiger charge is 2.21. The molecule has 1 aliphatic rings. The molecular formula is C15H20N6O2. The third-order valence-electron chi connectivity index (χ3n) is 3.97. The summed E-state index contributed by atoms with van der Waals surface area (Å²) in [6.45, 7) is 2.17. The van der Waals surface area contributed by atoms with Crippen molar-refractivity contribution >= 4 is 11.7 Å². The number of rotatable bonds is 5. The minimum Gasteiger partial charge on any atom is -0.387 e. The summed E-state index contributed by atoms with van der Waals surface area (Å²) in [4.78, 5) is 22.0. The number of nitrogens with zero attached hydrogens (tertiary/aromatic N) is 5. The number of aliphatic hydroxyl groups is 1. The molecule has 0 unspecified atom stereocenters. The lowest BCUT2D eigenvalue weighted by Crippen LogP contribution is -2.35. The third kappa shape index (κ3) is 3.65. The van der Waals surface area contributed by atoms with E-state index in [-0.39, 0.29) is 5.91 Å². The van der Waals surface area contributed by atoms with E-state index in [4.69, 9.17) is 5.11 Å². The van der Waals surface area contributed by atoms with Crippen LogP contribution in [0.5, 0.6) is 0 Å². The molecule has 8 heteroatoms. The number of fused-ring (bicyclic) bond motifs is 1. The maximum absolute atomic E-state index is 11.7. The first-order chi connectivity index (χ1) is 11.3. The number of anilines is 1. The zero-order valence-electron chi connectivity index (χ0n) is 12.9. The SMILES string of the molecule is O=C(CO)N1CCc2ncnc(NCCn3cccn3)c2CC1. The Hall–Kier alpha value is -2.48. The number of aromatic nitrogens is 4. The highest BCUT2D eigenvalue weighted by Crippen LogP contribution is 2.20. The summed E-state index contributed by atoms with van der Waals surface area (Å²) in [7, 11) is 0. The fourth-order valence-corrected chi connectivity index (χ4v) is 2.75. The fourth-order valence-electron chi connectivity index (χ4n) is 2.75. The zero-order chi connectivity index (χ0) is 16.1. The zero-order valence-corrected chi connectivity index (χ0v) is 12.9. The van der Waals surface area contributed by atoms with Crippen LogP contribution < -0.4 is 5.32 Å². The smallest absolute Gasteiger partial charge is 0.248 e. The number of amides is 1. The lowest BCUT2D eigenvalue weighted by molar-refractivity contribution is -0.134. The van der Waals surface area contributed by atoms with E-state index in [1.165, 1.54) is 0 Å². The van der Waals surface area contributed by atoms with E-state index in [2.05, 4.69) is 20.4 Å². The summed E-state index contributed by atoms with van der Waals surface area (Å²) in [5.74, 6) is 0.583. The van der Waals surface area contributed by atoms with Gasteiger partial charge in [-0.25, -0.2) is 9.97 Å². The molecule has 122 valence electrons. The molecule has 3 heterocycles. The van der Waals surface area contributed by atoms with E-state index in [0.717, 1.165) is 23.6 Å². The summed E-state index contributed by atoms with van der Waals surface area (Å²) in [6, 6.07) is 1.89. The van der Waals surface area contributed by atoms with Crippen LogP contribution in [0.3, 0.4) is 0 Å². The normalized spacial score (nSPS) is 14.2. The summed E-state index contributed by atoms with van der Waals surface area (Å²) >= 11 is 0. The van der Waals surface area contributed by atoms with Gasteiger partial charge < -0.3 is 15.3 Å². The molecule has 0 spiro atoms. The Morgan fingerprint density at radius 2 is 2.17 bits per heavy atom. The molecule has 0 saturated carbocycles. The largest absolute Gasteiger partial charge is 0.387 e. The minimum atomic E-state index is -0.447. The Morgan fingerprint density at radius 1 is 1.30 bits per heavy atom. The molecule has 0 bridgehead atoms. The summed E-state index contributed by atoms with van der Waals surface area (Å²) in [6.07, 6.45) is 6.59. The van der Waals surface area contributed by atoms with Crippen LogP contribution in [0.4, 0.5) is 5.82 Å². The maximum atomic E-state index is 11.7. The van der Waals surface area contributed by atoms with Gasteiger partial charge in [0, 0.05) is 44.0 Å². The Morgan fingerprint density at radius 3 is 2.96 bits per heavy atom. The van der Waals surface area contributed by atoms with Gasteiger partial charge in [0.2, 0.25) is 5.91 Å². The third-order valence-corrected chi connectivity index (χ3v) is 3.97. The predicted molar refractivity (Wildman–Crippen MR) is 83.8 cm³/mol. The first kappa shape index (κ1) is 15.4. The number of hydrogen-bond acceptors (Lipinski definition) is 6. The summed E-state index contributed by atoms with van der Waals surface area (Å²) in [5, 5.41) is 16.5. The number of aliphatic hydroxyl groups excluding tert-OH is 1. The number of hydrogen-bond donors (Lipinski definition) is 2. The topological polar surface area (TPSA) is 96.2 Å². The molecule has 3 rings (SSSR count). The van der Waals surface area contributed by atoms with E-state index >= 15 is 0 Å². The maximum Gasteiger partial charge on any atom is 0.248 e. The molecule has 0 aromatic carbocycles. The van der Waals surface area contributed by atoms with Crippen molar-refractivity contribution in [3.8, 4) is 0 Å². The van der Waals surface area contributed by atoms with Crippen molar-refractivity contribution in [3.05, 3.63) is 36.0 Å². The first-order valence-electron chi connectivity index (χ1n) is 7.70. The fraction of sp³-hybridized carbons (Fsp3) is 0.467. The predicted octanol–water partition coefficient (Wildman–Crippen LogP) is -0.295. The molecule has 1 aliphatic heterocycles. The highest BCUT2D eigenvalue weighted by atomic mass is 16.3. The second kappa shape index (κ2) is 7.19. The molecule has 23 heavy (non-hydrogen) atoms. The molecule has 1 amide bonds. The average Bonchev–Trinajstić information content (AvgIpc) is 2.99. The van der Waals surface area contributed by atoms with Crippen LogP contribution in [-0.2, 0) is 24.2 Å². The van der Waals surface area contributed by atoms with Crippen LogP contribution in [0.2, 0.25) is 0 Å². The van der Waals surface area contributed by atoms with Gasteiger partial charge in [-0.2, -0.15) is 5.10 Å². The van der Waals surface area contributed by atoms with Gasteiger partial charge in [0.05, 0.1) is 12.2 Å². The van der Waals surface area contributed by atoms with E-state index < -0.39 is 6.61 Å². The Labute approximate surface area is 134 Å². The molecule has 0 aliphatic carbocycles. The van der Waals surface area contributed by atoms with Gasteiger partial charge in [-0.3, -0.25) is 9.48 Å². The Balaban J connectivity index is 1.66. The van der Waals surface area contributed by atoms with E-state index in [1.54, 1.807) is 17.4 Å². The molecule has 0 radical (unpaired) electrons. The van der Waals surface area contributed by atoms with Crippen molar-refractivity contribution in [2.75, 3.05) is 31.6 Å². The Bertz CT molecular complexity index is 658. The molecule has 2 N–H and O–H groups in total. The van der Waals surface area contributed by atoms with Crippen LogP contribution >= 0.6 is 0 Å². The van der Waals surface area contributed by atoms with Gasteiger partial charge in [0.25, 0.3) is 0 Å². The standard InChI is InChI=1S/C15H20N6O2/c22-10-14(23)20-7-2-12-13(3-8-20)17-11-18-15(12)16-5-9-21-6-1-4-19-21/h1,4,6,11,22H,2-3,5,7-10H2,(H,16,17,18). The second-order valence-electron chi connectivity index (χ2n) is 5.38.